The van der Waals surface area contributed by atoms with Gasteiger partial charge in [-0.15, -0.1) is 0 Å². The summed E-state index contributed by atoms with van der Waals surface area (Å²) in [5.74, 6) is 1.77. The van der Waals surface area contributed by atoms with E-state index in [9.17, 15) is 0 Å². The number of furan rings is 1. The van der Waals surface area contributed by atoms with Crippen molar-refractivity contribution in [3.8, 4) is 0 Å². The maximum atomic E-state index is 5.84. The molecular weight excluding hydrogens is 364 g/mol. The second-order valence-electron chi connectivity index (χ2n) is 6.60. The van der Waals surface area contributed by atoms with Crippen LogP contribution >= 0.6 is 11.6 Å². The summed E-state index contributed by atoms with van der Waals surface area (Å²) in [4.78, 5) is 8.83. The Morgan fingerprint density at radius 3 is 2.78 bits per heavy atom. The molecule has 146 valence electrons. The molecule has 1 fully saturated rings. The highest BCUT2D eigenvalue weighted by Crippen LogP contribution is 2.12. The van der Waals surface area contributed by atoms with E-state index in [-0.39, 0.29) is 6.10 Å². The largest absolute Gasteiger partial charge is 0.469 e. The minimum absolute atomic E-state index is 0.225. The predicted octanol–water partition coefficient (Wildman–Crippen LogP) is 3.22. The minimum atomic E-state index is 0.225. The van der Waals surface area contributed by atoms with Gasteiger partial charge in [0.2, 0.25) is 0 Å². The minimum Gasteiger partial charge on any atom is -0.469 e. The van der Waals surface area contributed by atoms with Gasteiger partial charge in [0.25, 0.3) is 0 Å². The third-order valence-electron chi connectivity index (χ3n) is 4.47. The molecule has 3 heterocycles. The quantitative estimate of drug-likeness (QED) is 0.411. The molecule has 1 aliphatic rings. The van der Waals surface area contributed by atoms with Crippen LogP contribution in [-0.2, 0) is 17.6 Å². The smallest absolute Gasteiger partial charge is 0.191 e. The lowest BCUT2D eigenvalue weighted by Crippen LogP contribution is -2.40. The molecule has 0 aromatic carbocycles. The summed E-state index contributed by atoms with van der Waals surface area (Å²) in [6.45, 7) is 3.05. The van der Waals surface area contributed by atoms with Crippen molar-refractivity contribution in [2.24, 2.45) is 4.99 Å². The highest BCUT2D eigenvalue weighted by Gasteiger charge is 2.13. The van der Waals surface area contributed by atoms with Gasteiger partial charge in [0.1, 0.15) is 10.9 Å². The van der Waals surface area contributed by atoms with Crippen LogP contribution in [0.25, 0.3) is 0 Å². The van der Waals surface area contributed by atoms with Gasteiger partial charge in [-0.2, -0.15) is 0 Å². The van der Waals surface area contributed by atoms with E-state index in [1.165, 1.54) is 6.42 Å². The first-order valence-corrected chi connectivity index (χ1v) is 9.94. The molecule has 0 bridgehead atoms. The second kappa shape index (κ2) is 10.9. The first-order chi connectivity index (χ1) is 13.3. The molecule has 2 aromatic heterocycles. The van der Waals surface area contributed by atoms with Crippen LogP contribution in [0.15, 0.2) is 46.1 Å². The van der Waals surface area contributed by atoms with Crippen LogP contribution in [0.5, 0.6) is 0 Å². The van der Waals surface area contributed by atoms with Crippen LogP contribution in [-0.4, -0.2) is 43.3 Å². The first kappa shape index (κ1) is 19.7. The molecule has 1 aliphatic heterocycles. The fourth-order valence-electron chi connectivity index (χ4n) is 2.96. The van der Waals surface area contributed by atoms with E-state index in [0.717, 1.165) is 62.7 Å². The van der Waals surface area contributed by atoms with Crippen molar-refractivity contribution in [1.29, 1.82) is 0 Å². The van der Waals surface area contributed by atoms with Crippen LogP contribution in [0.4, 0.5) is 0 Å². The van der Waals surface area contributed by atoms with Gasteiger partial charge in [0.15, 0.2) is 5.96 Å². The summed E-state index contributed by atoms with van der Waals surface area (Å²) in [5.41, 5.74) is 1.14. The first-order valence-electron chi connectivity index (χ1n) is 9.56. The number of aromatic nitrogens is 1. The summed E-state index contributed by atoms with van der Waals surface area (Å²) in [5, 5.41) is 7.29. The van der Waals surface area contributed by atoms with Crippen molar-refractivity contribution in [2.75, 3.05) is 26.2 Å². The van der Waals surface area contributed by atoms with E-state index >= 15 is 0 Å². The Kier molecular flexibility index (Phi) is 7.99. The maximum Gasteiger partial charge on any atom is 0.191 e. The lowest BCUT2D eigenvalue weighted by molar-refractivity contribution is 0.0224. The van der Waals surface area contributed by atoms with E-state index in [4.69, 9.17) is 25.7 Å². The summed E-state index contributed by atoms with van der Waals surface area (Å²) < 4.78 is 11.2. The number of nitrogens with one attached hydrogen (secondary N) is 2. The molecule has 0 spiro atoms. The molecule has 2 N–H and O–H groups in total. The van der Waals surface area contributed by atoms with Gasteiger partial charge in [-0.05, 0) is 49.4 Å². The van der Waals surface area contributed by atoms with Gasteiger partial charge in [-0.25, -0.2) is 4.98 Å². The van der Waals surface area contributed by atoms with Gasteiger partial charge in [0.05, 0.1) is 18.9 Å². The maximum absolute atomic E-state index is 5.84. The number of hydrogen-bond acceptors (Lipinski definition) is 4. The second-order valence-corrected chi connectivity index (χ2v) is 6.99. The molecule has 0 saturated carbocycles. The normalized spacial score (nSPS) is 17.7. The molecule has 3 rings (SSSR count). The average Bonchev–Trinajstić information content (AvgIpc) is 3.21. The molecule has 1 unspecified atom stereocenters. The summed E-state index contributed by atoms with van der Waals surface area (Å²) in [6.07, 6.45) is 8.85. The van der Waals surface area contributed by atoms with Crippen molar-refractivity contribution in [1.82, 2.24) is 15.6 Å². The van der Waals surface area contributed by atoms with Crippen LogP contribution < -0.4 is 10.6 Å². The topological polar surface area (TPSA) is 71.7 Å². The van der Waals surface area contributed by atoms with Crippen LogP contribution in [0.3, 0.4) is 0 Å². The van der Waals surface area contributed by atoms with E-state index in [2.05, 4.69) is 15.6 Å². The Bertz CT molecular complexity index is 683. The number of nitrogens with zero attached hydrogens (tertiary/aromatic N) is 2. The summed E-state index contributed by atoms with van der Waals surface area (Å²) >= 11 is 5.84. The van der Waals surface area contributed by atoms with Gasteiger partial charge in [-0.3, -0.25) is 4.99 Å². The highest BCUT2D eigenvalue weighted by molar-refractivity contribution is 6.29. The van der Waals surface area contributed by atoms with Crippen LogP contribution in [0, 0.1) is 0 Å². The van der Waals surface area contributed by atoms with E-state index in [0.29, 0.717) is 11.7 Å². The Balaban J connectivity index is 1.48. The van der Waals surface area contributed by atoms with Gasteiger partial charge in [-0.1, -0.05) is 17.7 Å². The SMILES string of the molecule is Clc1ccc(CCNC(=NCC2CCCCO2)NCCc2ccco2)cn1. The standard InChI is InChI=1S/C20H27ClN4O2/c21-19-7-6-16(14-24-19)8-10-22-20(23-11-9-17-5-3-13-26-17)25-15-18-4-1-2-12-27-18/h3,5-7,13-14,18H,1-2,4,8-12,15H2,(H2,22,23,25). The zero-order valence-electron chi connectivity index (χ0n) is 15.5. The molecule has 27 heavy (non-hydrogen) atoms. The van der Waals surface area contributed by atoms with Crippen molar-refractivity contribution >= 4 is 17.6 Å². The molecule has 1 atom stereocenters. The fourth-order valence-corrected chi connectivity index (χ4v) is 3.07. The molecule has 6 nitrogen and oxygen atoms in total. The van der Waals surface area contributed by atoms with Crippen LogP contribution in [0.1, 0.15) is 30.6 Å². The molecule has 0 aliphatic carbocycles. The Labute approximate surface area is 165 Å². The lowest BCUT2D eigenvalue weighted by Gasteiger charge is -2.21. The average molecular weight is 391 g/mol. The van der Waals surface area contributed by atoms with Gasteiger partial charge >= 0.3 is 0 Å². The van der Waals surface area contributed by atoms with E-state index in [1.54, 1.807) is 12.5 Å². The predicted molar refractivity (Wildman–Crippen MR) is 107 cm³/mol. The molecule has 2 aromatic rings. The monoisotopic (exact) mass is 390 g/mol. The number of aliphatic imine (C=N–C) groups is 1. The number of ether oxygens (including phenoxy) is 1. The zero-order chi connectivity index (χ0) is 18.7. The summed E-state index contributed by atoms with van der Waals surface area (Å²) in [6, 6.07) is 7.69. The Morgan fingerprint density at radius 1 is 1.19 bits per heavy atom. The Hall–Kier alpha value is -2.05. The highest BCUT2D eigenvalue weighted by atomic mass is 35.5. The third kappa shape index (κ3) is 7.23. The summed E-state index contributed by atoms with van der Waals surface area (Å²) in [7, 11) is 0. The van der Waals surface area contributed by atoms with Gasteiger partial charge < -0.3 is 19.8 Å². The van der Waals surface area contributed by atoms with Gasteiger partial charge in [0, 0.05) is 32.3 Å². The van der Waals surface area contributed by atoms with E-state index < -0.39 is 0 Å². The Morgan fingerprint density at radius 2 is 2.07 bits per heavy atom. The number of pyridine rings is 1. The van der Waals surface area contributed by atoms with Crippen molar-refractivity contribution in [2.45, 2.75) is 38.2 Å². The fraction of sp³-hybridized carbons (Fsp3) is 0.500. The molecule has 1 saturated heterocycles. The van der Waals surface area contributed by atoms with Crippen molar-refractivity contribution in [3.05, 3.63) is 53.2 Å². The molecule has 7 heteroatoms. The van der Waals surface area contributed by atoms with E-state index in [1.807, 2.05) is 24.3 Å². The third-order valence-corrected chi connectivity index (χ3v) is 4.69. The number of hydrogen-bond donors (Lipinski definition) is 2. The van der Waals surface area contributed by atoms with Crippen molar-refractivity contribution in [3.63, 3.8) is 0 Å². The lowest BCUT2D eigenvalue weighted by atomic mass is 10.1. The molecular formula is C20H27ClN4O2. The number of rotatable bonds is 8. The molecule has 0 amide bonds. The number of halogens is 1. The van der Waals surface area contributed by atoms with Crippen molar-refractivity contribution < 1.29 is 9.15 Å². The number of guanidine groups is 1. The molecule has 0 radical (unpaired) electrons. The van der Waals surface area contributed by atoms with Crippen LogP contribution in [0.2, 0.25) is 5.15 Å². The zero-order valence-corrected chi connectivity index (χ0v) is 16.3.